The number of hydrogen-bond donors (Lipinski definition) is 0. The molecule has 3 rings (SSSR count). The minimum Gasteiger partial charge on any atom is -0.286 e. The number of carbonyl (C=O) groups excluding carboxylic acids is 1. The summed E-state index contributed by atoms with van der Waals surface area (Å²) in [4.78, 5) is 19.1. The van der Waals surface area contributed by atoms with E-state index in [2.05, 4.69) is 4.99 Å². The van der Waals surface area contributed by atoms with Gasteiger partial charge in [-0.1, -0.05) is 37.6 Å². The summed E-state index contributed by atoms with van der Waals surface area (Å²) in [7, 11) is 0. The van der Waals surface area contributed by atoms with Gasteiger partial charge in [0.2, 0.25) is 0 Å². The van der Waals surface area contributed by atoms with Crippen LogP contribution in [0, 0.1) is 17.6 Å². The van der Waals surface area contributed by atoms with Crippen molar-refractivity contribution >= 4 is 46.2 Å². The van der Waals surface area contributed by atoms with Gasteiger partial charge in [0.25, 0.3) is 5.91 Å². The van der Waals surface area contributed by atoms with Crippen LogP contribution in [0.4, 0.5) is 14.5 Å². The van der Waals surface area contributed by atoms with Crippen molar-refractivity contribution in [2.45, 2.75) is 13.8 Å². The highest BCUT2D eigenvalue weighted by Gasteiger charge is 2.33. The van der Waals surface area contributed by atoms with Crippen LogP contribution in [0.5, 0.6) is 0 Å². The lowest BCUT2D eigenvalue weighted by atomic mass is 10.2. The lowest BCUT2D eigenvalue weighted by Gasteiger charge is -2.17. The predicted molar refractivity (Wildman–Crippen MR) is 107 cm³/mol. The van der Waals surface area contributed by atoms with Crippen LogP contribution >= 0.6 is 23.4 Å². The first-order valence-corrected chi connectivity index (χ1v) is 9.53. The first kappa shape index (κ1) is 19.6. The van der Waals surface area contributed by atoms with Gasteiger partial charge in [-0.25, -0.2) is 13.8 Å². The lowest BCUT2D eigenvalue weighted by molar-refractivity contribution is -0.122. The fraction of sp³-hybridized carbons (Fsp3) is 0.200. The Morgan fingerprint density at radius 2 is 1.89 bits per heavy atom. The predicted octanol–water partition coefficient (Wildman–Crippen LogP) is 5.88. The quantitative estimate of drug-likeness (QED) is 0.594. The van der Waals surface area contributed by atoms with E-state index in [0.717, 1.165) is 17.7 Å². The highest BCUT2D eigenvalue weighted by atomic mass is 35.5. The molecule has 0 aromatic heterocycles. The van der Waals surface area contributed by atoms with Gasteiger partial charge in [-0.05, 0) is 53.6 Å². The van der Waals surface area contributed by atoms with Crippen LogP contribution in [0.2, 0.25) is 5.02 Å². The van der Waals surface area contributed by atoms with E-state index in [9.17, 15) is 13.6 Å². The molecule has 1 saturated heterocycles. The first-order valence-electron chi connectivity index (χ1n) is 8.34. The molecule has 27 heavy (non-hydrogen) atoms. The summed E-state index contributed by atoms with van der Waals surface area (Å²) in [6.45, 7) is 4.41. The second-order valence-corrected chi connectivity index (χ2v) is 7.91. The number of benzene rings is 2. The minimum atomic E-state index is -0.768. The summed E-state index contributed by atoms with van der Waals surface area (Å²) >= 11 is 7.06. The van der Waals surface area contributed by atoms with Crippen molar-refractivity contribution < 1.29 is 13.6 Å². The van der Waals surface area contributed by atoms with Crippen molar-refractivity contribution in [1.29, 1.82) is 0 Å². The summed E-state index contributed by atoms with van der Waals surface area (Å²) in [5.74, 6) is -1.43. The van der Waals surface area contributed by atoms with E-state index in [1.807, 2.05) is 26.0 Å². The van der Waals surface area contributed by atoms with E-state index in [0.29, 0.717) is 21.6 Å². The summed E-state index contributed by atoms with van der Waals surface area (Å²) in [6, 6.07) is 10.3. The third-order valence-electron chi connectivity index (χ3n) is 3.73. The molecule has 0 radical (unpaired) electrons. The molecule has 1 aliphatic rings. The molecule has 2 aromatic carbocycles. The Morgan fingerprint density at radius 3 is 2.52 bits per heavy atom. The van der Waals surface area contributed by atoms with Crippen molar-refractivity contribution in [3.8, 4) is 0 Å². The molecule has 0 bridgehead atoms. The Labute approximate surface area is 165 Å². The smallest absolute Gasteiger partial charge is 0.266 e. The first-order chi connectivity index (χ1) is 12.8. The fourth-order valence-electron chi connectivity index (χ4n) is 2.50. The number of halogens is 3. The largest absolute Gasteiger partial charge is 0.286 e. The maximum atomic E-state index is 14.0. The maximum Gasteiger partial charge on any atom is 0.266 e. The van der Waals surface area contributed by atoms with Crippen LogP contribution in [0.25, 0.3) is 6.08 Å². The highest BCUT2D eigenvalue weighted by molar-refractivity contribution is 8.18. The number of aliphatic imine (C=N–C) groups is 1. The summed E-state index contributed by atoms with van der Waals surface area (Å²) < 4.78 is 27.1. The van der Waals surface area contributed by atoms with Gasteiger partial charge in [0.1, 0.15) is 11.5 Å². The Balaban J connectivity index is 1.97. The van der Waals surface area contributed by atoms with E-state index in [1.54, 1.807) is 18.2 Å². The van der Waals surface area contributed by atoms with Gasteiger partial charge in [-0.15, -0.1) is 0 Å². The number of thioether (sulfide) groups is 1. The van der Waals surface area contributed by atoms with E-state index < -0.39 is 11.6 Å². The molecular formula is C20H17ClF2N2OS. The number of amidine groups is 1. The van der Waals surface area contributed by atoms with Gasteiger partial charge in [-0.3, -0.25) is 9.69 Å². The summed E-state index contributed by atoms with van der Waals surface area (Å²) in [6.07, 6.45) is 1.75. The minimum absolute atomic E-state index is 0.00630. The monoisotopic (exact) mass is 406 g/mol. The van der Waals surface area contributed by atoms with Crippen molar-refractivity contribution in [1.82, 2.24) is 4.90 Å². The lowest BCUT2D eigenvalue weighted by Crippen LogP contribution is -2.32. The van der Waals surface area contributed by atoms with E-state index >= 15 is 0 Å². The molecule has 0 aliphatic carbocycles. The molecule has 2 aromatic rings. The normalized spacial score (nSPS) is 17.6. The number of carbonyl (C=O) groups is 1. The van der Waals surface area contributed by atoms with Gasteiger partial charge in [0.05, 0.1) is 4.91 Å². The third kappa shape index (κ3) is 4.76. The van der Waals surface area contributed by atoms with Gasteiger partial charge in [0, 0.05) is 17.6 Å². The maximum absolute atomic E-state index is 14.0. The molecule has 0 atom stereocenters. The van der Waals surface area contributed by atoms with Crippen LogP contribution in [0.15, 0.2) is 52.4 Å². The van der Waals surface area contributed by atoms with E-state index in [-0.39, 0.29) is 17.5 Å². The Morgan fingerprint density at radius 1 is 1.19 bits per heavy atom. The van der Waals surface area contributed by atoms with Crippen molar-refractivity contribution in [2.24, 2.45) is 10.9 Å². The van der Waals surface area contributed by atoms with Crippen LogP contribution in [-0.4, -0.2) is 22.5 Å². The fourth-order valence-corrected chi connectivity index (χ4v) is 3.63. The zero-order chi connectivity index (χ0) is 19.6. The average Bonchev–Trinajstić information content (AvgIpc) is 2.88. The third-order valence-corrected chi connectivity index (χ3v) is 4.99. The SMILES string of the molecule is CC(C)CN1C(=O)/C(=C\c2ccc(Cl)cc2)SC1=Nc1ccc(F)cc1F. The van der Waals surface area contributed by atoms with E-state index in [1.165, 1.54) is 22.7 Å². The van der Waals surface area contributed by atoms with Crippen LogP contribution in [-0.2, 0) is 4.79 Å². The molecule has 1 fully saturated rings. The van der Waals surface area contributed by atoms with Crippen molar-refractivity contribution in [2.75, 3.05) is 6.54 Å². The molecule has 0 N–H and O–H groups in total. The number of hydrogen-bond acceptors (Lipinski definition) is 3. The second kappa shape index (κ2) is 8.23. The Bertz CT molecular complexity index is 926. The topological polar surface area (TPSA) is 32.7 Å². The molecule has 3 nitrogen and oxygen atoms in total. The molecule has 0 unspecified atom stereocenters. The number of nitrogens with zero attached hydrogens (tertiary/aromatic N) is 2. The standard InChI is InChI=1S/C20H17ClF2N2OS/c1-12(2)11-25-19(26)18(9-13-3-5-14(21)6-4-13)27-20(25)24-17-8-7-15(22)10-16(17)23/h3-10,12H,11H2,1-2H3/b18-9+,24-20?. The Hall–Kier alpha value is -2.18. The van der Waals surface area contributed by atoms with Gasteiger partial charge in [-0.2, -0.15) is 0 Å². The molecule has 0 spiro atoms. The van der Waals surface area contributed by atoms with Crippen LogP contribution < -0.4 is 0 Å². The number of rotatable bonds is 4. The second-order valence-electron chi connectivity index (χ2n) is 6.46. The van der Waals surface area contributed by atoms with Gasteiger partial charge >= 0.3 is 0 Å². The zero-order valence-corrected chi connectivity index (χ0v) is 16.3. The van der Waals surface area contributed by atoms with Gasteiger partial charge < -0.3 is 0 Å². The molecule has 1 aliphatic heterocycles. The molecular weight excluding hydrogens is 390 g/mol. The van der Waals surface area contributed by atoms with E-state index in [4.69, 9.17) is 11.6 Å². The molecule has 7 heteroatoms. The van der Waals surface area contributed by atoms with Crippen LogP contribution in [0.3, 0.4) is 0 Å². The Kier molecular flexibility index (Phi) is 5.97. The molecule has 1 amide bonds. The molecule has 140 valence electrons. The number of amides is 1. The molecule has 0 saturated carbocycles. The summed E-state index contributed by atoms with van der Waals surface area (Å²) in [5.41, 5.74) is 0.821. The highest BCUT2D eigenvalue weighted by Crippen LogP contribution is 2.35. The van der Waals surface area contributed by atoms with Gasteiger partial charge in [0.15, 0.2) is 11.0 Å². The zero-order valence-electron chi connectivity index (χ0n) is 14.7. The average molecular weight is 407 g/mol. The molecule has 1 heterocycles. The van der Waals surface area contributed by atoms with Crippen molar-refractivity contribution in [3.63, 3.8) is 0 Å². The summed E-state index contributed by atoms with van der Waals surface area (Å²) in [5, 5.41) is 0.984. The van der Waals surface area contributed by atoms with Crippen molar-refractivity contribution in [3.05, 3.63) is 69.6 Å². The van der Waals surface area contributed by atoms with Crippen LogP contribution in [0.1, 0.15) is 19.4 Å².